The number of aryl methyl sites for hydroxylation is 1. The number of hydrogen-bond acceptors (Lipinski definition) is 5. The summed E-state index contributed by atoms with van der Waals surface area (Å²) in [5, 5.41) is 0. The van der Waals surface area contributed by atoms with Crippen molar-refractivity contribution < 1.29 is 19.2 Å². The summed E-state index contributed by atoms with van der Waals surface area (Å²) in [7, 11) is 0. The molecule has 4 aliphatic rings. The van der Waals surface area contributed by atoms with Gasteiger partial charge in [-0.2, -0.15) is 0 Å². The zero-order chi connectivity index (χ0) is 90.5. The van der Waals surface area contributed by atoms with Crippen LogP contribution >= 0.6 is 0 Å². The largest absolute Gasteiger partial charge is 0.338 e. The average Bonchev–Trinajstić information content (AvgIpc) is 1.59. The van der Waals surface area contributed by atoms with E-state index in [-0.39, 0.29) is 101 Å². The van der Waals surface area contributed by atoms with E-state index in [2.05, 4.69) is 219 Å². The van der Waals surface area contributed by atoms with Gasteiger partial charge < -0.3 is 19.6 Å². The first-order valence-electron chi connectivity index (χ1n) is 44.8. The number of hydrogen-bond donors (Lipinski definition) is 0. The number of rotatable bonds is 1. The molecule has 8 rings (SSSR count). The predicted octanol–water partition coefficient (Wildman–Crippen LogP) is 33.8. The third kappa shape index (κ3) is 45.7. The monoisotopic (exact) mass is 1570 g/mol. The lowest BCUT2D eigenvalue weighted by atomic mass is 9.74. The van der Waals surface area contributed by atoms with Crippen LogP contribution in [0.3, 0.4) is 0 Å². The molecule has 4 unspecified atom stereocenters. The van der Waals surface area contributed by atoms with E-state index >= 15 is 0 Å². The molecular formula is C103H203N5O4. The third-order valence-electron chi connectivity index (χ3n) is 16.1. The number of anilines is 3. The highest BCUT2D eigenvalue weighted by molar-refractivity contribution is 6.12. The Labute approximate surface area is 706 Å². The van der Waals surface area contributed by atoms with Crippen molar-refractivity contribution in [2.45, 2.75) is 455 Å². The van der Waals surface area contributed by atoms with Gasteiger partial charge in [0.1, 0.15) is 6.04 Å². The third-order valence-corrected chi connectivity index (χ3v) is 16.1. The van der Waals surface area contributed by atoms with E-state index in [4.69, 9.17) is 4.99 Å². The van der Waals surface area contributed by atoms with Crippen molar-refractivity contribution >= 4 is 46.4 Å². The van der Waals surface area contributed by atoms with E-state index in [0.717, 1.165) is 71.7 Å². The standard InChI is InChI=1S/C22H27NO.C18H27NO.C17H24N2O.C14H27NO.15C2H6.2CH4/c1-21(2,3)19-17-13-8-7-11-15(17)16-12-9-10-14-18(16)23(20(19)24)22(4,5)6;1-17(2,3)14-12-11-13-9-7-8-10-15(13)19(16(14)20)18(4,5)6;1-11(2)19-14-10-8-7-9-13(14)12(3)18-15(16(19)20)17(4,5)6;1-13(2,3)11-9-7-8-10-15(12(11)16)14(4,5)6;15*1-2;;/h7-14,19H,1-6H3;7-10,14H,11-12H2,1-6H3;7-11,15H,1-6H3;11H,7-10H2,1-6H3;15*1-2H3;2*1H4. The first-order chi connectivity index (χ1) is 51.6. The molecule has 9 heteroatoms. The highest BCUT2D eigenvalue weighted by atomic mass is 16.2. The van der Waals surface area contributed by atoms with Gasteiger partial charge in [0.2, 0.25) is 17.7 Å². The molecule has 4 heterocycles. The molecule has 0 bridgehead atoms. The van der Waals surface area contributed by atoms with Crippen molar-refractivity contribution in [1.29, 1.82) is 0 Å². The maximum atomic E-state index is 13.7. The van der Waals surface area contributed by atoms with Crippen LogP contribution in [0.5, 0.6) is 0 Å². The molecule has 664 valence electrons. The number of fused-ring (bicyclic) bond motifs is 5. The summed E-state index contributed by atoms with van der Waals surface area (Å²) in [6.45, 7) is 112. The molecule has 4 aromatic carbocycles. The number of benzene rings is 4. The number of likely N-dealkylation sites (tertiary alicyclic amines) is 1. The molecule has 1 fully saturated rings. The van der Waals surface area contributed by atoms with Crippen LogP contribution in [0.2, 0.25) is 0 Å². The second-order valence-electron chi connectivity index (χ2n) is 30.6. The number of carbonyl (C=O) groups excluding carboxylic acids is 4. The zero-order valence-corrected chi connectivity index (χ0v) is 84.2. The van der Waals surface area contributed by atoms with Crippen LogP contribution in [0, 0.1) is 33.5 Å². The van der Waals surface area contributed by atoms with Crippen molar-refractivity contribution in [2.24, 2.45) is 38.5 Å². The number of amides is 4. The molecular weight excluding hydrogens is 1370 g/mol. The van der Waals surface area contributed by atoms with E-state index in [1.807, 2.05) is 272 Å². The lowest BCUT2D eigenvalue weighted by Gasteiger charge is -2.40. The highest BCUT2D eigenvalue weighted by Gasteiger charge is 2.45. The minimum Gasteiger partial charge on any atom is -0.338 e. The molecule has 4 aromatic rings. The molecule has 0 aliphatic carbocycles. The predicted molar refractivity (Wildman–Crippen MR) is 523 cm³/mol. The van der Waals surface area contributed by atoms with Gasteiger partial charge in [0.05, 0.1) is 17.3 Å². The minimum absolute atomic E-state index is 0. The molecule has 0 spiro atoms. The Morgan fingerprint density at radius 2 is 0.670 bits per heavy atom. The number of nitrogens with zero attached hydrogens (tertiary/aromatic N) is 5. The van der Waals surface area contributed by atoms with Crippen LogP contribution in [-0.4, -0.2) is 69.5 Å². The van der Waals surface area contributed by atoms with E-state index in [1.54, 1.807) is 0 Å². The summed E-state index contributed by atoms with van der Waals surface area (Å²) >= 11 is 0. The fraction of sp³-hybridized carbons (Fsp3) is 0.718. The van der Waals surface area contributed by atoms with Crippen molar-refractivity contribution in [1.82, 2.24) is 4.90 Å². The fourth-order valence-corrected chi connectivity index (χ4v) is 12.1. The number of benzodiazepines with no additional fused rings is 1. The molecule has 0 aromatic heterocycles. The summed E-state index contributed by atoms with van der Waals surface area (Å²) in [5.74, 6) is 1.01. The van der Waals surface area contributed by atoms with E-state index in [9.17, 15) is 19.2 Å². The van der Waals surface area contributed by atoms with Crippen molar-refractivity contribution in [3.05, 3.63) is 114 Å². The Morgan fingerprint density at radius 3 is 1.03 bits per heavy atom. The molecule has 0 radical (unpaired) electrons. The first kappa shape index (κ1) is 136. The van der Waals surface area contributed by atoms with Crippen LogP contribution in [-0.2, 0) is 25.6 Å². The van der Waals surface area contributed by atoms with E-state index in [1.165, 1.54) is 17.5 Å². The Hall–Kier alpha value is -5.57. The van der Waals surface area contributed by atoms with Crippen LogP contribution in [0.15, 0.2) is 102 Å². The van der Waals surface area contributed by atoms with Gasteiger partial charge in [-0.3, -0.25) is 24.2 Å². The first-order valence-corrected chi connectivity index (χ1v) is 44.8. The summed E-state index contributed by atoms with van der Waals surface area (Å²) in [5.41, 5.74) is 9.06. The smallest absolute Gasteiger partial charge is 0.252 e. The number of carbonyl (C=O) groups is 4. The van der Waals surface area contributed by atoms with Gasteiger partial charge in [-0.05, 0) is 165 Å². The van der Waals surface area contributed by atoms with Crippen molar-refractivity contribution in [3.63, 3.8) is 0 Å². The molecule has 4 atom stereocenters. The van der Waals surface area contributed by atoms with E-state index < -0.39 is 0 Å². The Balaban J connectivity index is -0.0000000950. The highest BCUT2D eigenvalue weighted by Crippen LogP contribution is 2.49. The maximum absolute atomic E-state index is 13.7. The number of para-hydroxylation sites is 3. The Morgan fingerprint density at radius 1 is 0.339 bits per heavy atom. The fourth-order valence-electron chi connectivity index (χ4n) is 12.1. The molecule has 0 saturated carbocycles. The molecule has 112 heavy (non-hydrogen) atoms. The van der Waals surface area contributed by atoms with Gasteiger partial charge in [0.25, 0.3) is 5.91 Å². The summed E-state index contributed by atoms with van der Waals surface area (Å²) in [6, 6.07) is 32.8. The van der Waals surface area contributed by atoms with Crippen LogP contribution in [0.1, 0.15) is 437 Å². The van der Waals surface area contributed by atoms with Gasteiger partial charge in [-0.15, -0.1) is 0 Å². The second-order valence-corrected chi connectivity index (χ2v) is 30.6. The SMILES string of the molecule is C.C.CC.CC.CC.CC.CC.CC.CC.CC.CC.CC.CC.CC.CC.CC.CC.CC(C)(C)C1C(=O)N(C(C)(C)C)c2ccccc2-c2ccccc21.CC(C)(C)C1CCCCN(C(C)(C)C)C1=O.CC(C)(C)C1CCc2ccccc2N(C(C)(C)C)C1=O.CC1=NC(C(C)(C)C)C(=O)N(C(C)C)c2ccccc21. The number of aliphatic imine (C=N–C) groups is 1. The summed E-state index contributed by atoms with van der Waals surface area (Å²) in [6.07, 6.45) is 5.30. The molecule has 0 N–H and O–H groups in total. The van der Waals surface area contributed by atoms with Crippen LogP contribution < -0.4 is 14.7 Å². The Kier molecular flexibility index (Phi) is 88.4. The van der Waals surface area contributed by atoms with Crippen LogP contribution in [0.25, 0.3) is 11.1 Å². The minimum atomic E-state index is -0.336. The van der Waals surface area contributed by atoms with Crippen LogP contribution in [0.4, 0.5) is 17.1 Å². The zero-order valence-electron chi connectivity index (χ0n) is 84.2. The van der Waals surface area contributed by atoms with Gasteiger partial charge in [0.15, 0.2) is 0 Å². The Bertz CT molecular complexity index is 2760. The van der Waals surface area contributed by atoms with Crippen molar-refractivity contribution in [2.75, 3.05) is 21.2 Å². The topological polar surface area (TPSA) is 93.6 Å². The quantitative estimate of drug-likeness (QED) is 0.190. The molecule has 9 nitrogen and oxygen atoms in total. The second kappa shape index (κ2) is 73.1. The molecule has 4 aliphatic heterocycles. The lowest BCUT2D eigenvalue weighted by molar-refractivity contribution is -0.143. The van der Waals surface area contributed by atoms with E-state index in [0.29, 0.717) is 5.91 Å². The van der Waals surface area contributed by atoms with Gasteiger partial charge in [-0.25, -0.2) is 0 Å². The average molecular weight is 1580 g/mol. The molecule has 1 saturated heterocycles. The molecule has 4 amide bonds. The van der Waals surface area contributed by atoms with Crippen molar-refractivity contribution in [3.8, 4) is 11.1 Å². The lowest BCUT2D eigenvalue weighted by Crippen LogP contribution is -2.50. The van der Waals surface area contributed by atoms with Gasteiger partial charge in [0, 0.05) is 63.6 Å². The maximum Gasteiger partial charge on any atom is 0.252 e. The van der Waals surface area contributed by atoms with Gasteiger partial charge >= 0.3 is 0 Å². The summed E-state index contributed by atoms with van der Waals surface area (Å²) in [4.78, 5) is 65.1. The normalized spacial score (nSPS) is 15.4. The van der Waals surface area contributed by atoms with Gasteiger partial charge in [-0.1, -0.05) is 391 Å². The summed E-state index contributed by atoms with van der Waals surface area (Å²) < 4.78 is 0.